The van der Waals surface area contributed by atoms with Crippen LogP contribution in [0.2, 0.25) is 0 Å². The number of nitrogens with zero attached hydrogens (tertiary/aromatic N) is 5. The average molecular weight is 576 g/mol. The third kappa shape index (κ3) is 5.92. The van der Waals surface area contributed by atoms with Crippen molar-refractivity contribution < 1.29 is 0 Å². The van der Waals surface area contributed by atoms with Crippen molar-refractivity contribution in [2.75, 3.05) is 18.8 Å². The smallest absolute Gasteiger partial charge is 0.165 e. The van der Waals surface area contributed by atoms with Gasteiger partial charge < -0.3 is 5.73 Å². The SMILES string of the molecule is C=C(C)/S(=C\C)NC1CCN(Cc2ccc(-n3c(-c4cccnc4N)nc4ccc(-c5ccccc5)nc43)cc2)CC1. The number of nitrogens with one attached hydrogen (secondary N) is 1. The van der Waals surface area contributed by atoms with Crippen LogP contribution < -0.4 is 10.5 Å². The first-order valence-corrected chi connectivity index (χ1v) is 15.7. The molecule has 4 heterocycles. The number of hydrogen-bond donors (Lipinski definition) is 2. The number of anilines is 1. The van der Waals surface area contributed by atoms with Crippen LogP contribution in [-0.4, -0.2) is 48.9 Å². The quantitative estimate of drug-likeness (QED) is 0.197. The first-order chi connectivity index (χ1) is 20.5. The number of nitrogens with two attached hydrogens (primary N) is 1. The fourth-order valence-corrected chi connectivity index (χ4v) is 6.86. The van der Waals surface area contributed by atoms with E-state index in [1.807, 2.05) is 42.5 Å². The molecular formula is C34H37N7S. The fraction of sp³-hybridized carbons (Fsp3) is 0.235. The first kappa shape index (κ1) is 28.0. The highest BCUT2D eigenvalue weighted by molar-refractivity contribution is 8.16. The Morgan fingerprint density at radius 3 is 2.45 bits per heavy atom. The molecular weight excluding hydrogens is 538 g/mol. The maximum atomic E-state index is 6.33. The third-order valence-electron chi connectivity index (χ3n) is 7.75. The van der Waals surface area contributed by atoms with Gasteiger partial charge in [0, 0.05) is 30.0 Å². The Balaban J connectivity index is 1.27. The Bertz CT molecular complexity index is 1730. The van der Waals surface area contributed by atoms with E-state index in [-0.39, 0.29) is 10.7 Å². The summed E-state index contributed by atoms with van der Waals surface area (Å²) in [6.07, 6.45) is 4.00. The van der Waals surface area contributed by atoms with Crippen molar-refractivity contribution in [3.8, 4) is 28.3 Å². The van der Waals surface area contributed by atoms with Gasteiger partial charge in [-0.2, -0.15) is 0 Å². The number of fused-ring (bicyclic) bond motifs is 1. The predicted molar refractivity (Wildman–Crippen MR) is 178 cm³/mol. The maximum Gasteiger partial charge on any atom is 0.165 e. The van der Waals surface area contributed by atoms with Crippen LogP contribution in [0.3, 0.4) is 0 Å². The summed E-state index contributed by atoms with van der Waals surface area (Å²) in [4.78, 5) is 18.1. The zero-order valence-corrected chi connectivity index (χ0v) is 25.0. The van der Waals surface area contributed by atoms with Crippen LogP contribution in [0.5, 0.6) is 0 Å². The van der Waals surface area contributed by atoms with E-state index >= 15 is 0 Å². The van der Waals surface area contributed by atoms with E-state index in [2.05, 4.69) is 81.4 Å². The number of nitrogen functional groups attached to an aromatic ring is 1. The number of aromatic nitrogens is 4. The van der Waals surface area contributed by atoms with Crippen LogP contribution in [0.4, 0.5) is 5.82 Å². The standard InChI is InChI=1S/C34H37N7S/c1-4-42(24(2)3)39-27-18-21-40(22-19-27)23-25-12-14-28(15-13-25)41-33(29-11-8-20-36-32(29)35)38-31-17-16-30(37-34(31)41)26-9-6-5-7-10-26/h4-17,20,27,39H,2,18-19,21-23H2,1,3H3,(H2,35,36). The van der Waals surface area contributed by atoms with Gasteiger partial charge in [0.25, 0.3) is 0 Å². The minimum absolute atomic E-state index is 0.0000724. The molecule has 1 unspecified atom stereocenters. The Labute approximate surface area is 250 Å². The molecule has 0 amide bonds. The number of rotatable bonds is 8. The third-order valence-corrected chi connectivity index (χ3v) is 9.56. The van der Waals surface area contributed by atoms with Gasteiger partial charge in [-0.25, -0.2) is 15.0 Å². The topological polar surface area (TPSA) is 84.9 Å². The lowest BCUT2D eigenvalue weighted by Crippen LogP contribution is -2.40. The molecule has 5 aromatic rings. The summed E-state index contributed by atoms with van der Waals surface area (Å²) in [6.45, 7) is 11.5. The number of imidazole rings is 1. The molecule has 1 atom stereocenters. The second kappa shape index (κ2) is 12.4. The summed E-state index contributed by atoms with van der Waals surface area (Å²) < 4.78 is 5.88. The second-order valence-electron chi connectivity index (χ2n) is 10.7. The van der Waals surface area contributed by atoms with Crippen molar-refractivity contribution in [2.45, 2.75) is 39.3 Å². The molecule has 0 aliphatic carbocycles. The van der Waals surface area contributed by atoms with E-state index in [0.717, 1.165) is 72.0 Å². The zero-order chi connectivity index (χ0) is 29.1. The zero-order valence-electron chi connectivity index (χ0n) is 24.2. The summed E-state index contributed by atoms with van der Waals surface area (Å²) in [5.74, 6) is 1.17. The lowest BCUT2D eigenvalue weighted by atomic mass is 10.1. The molecule has 0 bridgehead atoms. The molecule has 42 heavy (non-hydrogen) atoms. The van der Waals surface area contributed by atoms with E-state index in [0.29, 0.717) is 11.9 Å². The molecule has 1 aliphatic rings. The molecule has 3 N–H and O–H groups in total. The van der Waals surface area contributed by atoms with Gasteiger partial charge in [0.05, 0.1) is 11.3 Å². The summed E-state index contributed by atoms with van der Waals surface area (Å²) in [5, 5.41) is 2.23. The highest BCUT2D eigenvalue weighted by Crippen LogP contribution is 2.32. The molecule has 0 spiro atoms. The number of piperidine rings is 1. The van der Waals surface area contributed by atoms with Crippen LogP contribution in [0.25, 0.3) is 39.5 Å². The van der Waals surface area contributed by atoms with Gasteiger partial charge in [-0.3, -0.25) is 14.2 Å². The molecule has 3 aromatic heterocycles. The first-order valence-electron chi connectivity index (χ1n) is 14.4. The lowest BCUT2D eigenvalue weighted by Gasteiger charge is -2.33. The van der Waals surface area contributed by atoms with Crippen molar-refractivity contribution in [3.63, 3.8) is 0 Å². The minimum Gasteiger partial charge on any atom is -0.383 e. The predicted octanol–water partition coefficient (Wildman–Crippen LogP) is 6.83. The molecule has 1 fully saturated rings. The molecule has 8 heteroatoms. The lowest BCUT2D eigenvalue weighted by molar-refractivity contribution is 0.201. The number of likely N-dealkylation sites (tertiary alicyclic amines) is 1. The van der Waals surface area contributed by atoms with Crippen LogP contribution >= 0.6 is 10.7 Å². The van der Waals surface area contributed by atoms with Gasteiger partial charge in [0.15, 0.2) is 11.5 Å². The Morgan fingerprint density at radius 1 is 1.00 bits per heavy atom. The van der Waals surface area contributed by atoms with Crippen molar-refractivity contribution in [2.24, 2.45) is 0 Å². The maximum absolute atomic E-state index is 6.33. The average Bonchev–Trinajstić information content (AvgIpc) is 3.40. The van der Waals surface area contributed by atoms with Crippen molar-refractivity contribution in [1.82, 2.24) is 29.1 Å². The summed E-state index contributed by atoms with van der Waals surface area (Å²) in [5.41, 5.74) is 13.0. The molecule has 1 aliphatic heterocycles. The van der Waals surface area contributed by atoms with Crippen LogP contribution in [0.1, 0.15) is 32.3 Å². The highest BCUT2D eigenvalue weighted by Gasteiger charge is 2.21. The van der Waals surface area contributed by atoms with Crippen LogP contribution in [0.15, 0.2) is 96.5 Å². The second-order valence-corrected chi connectivity index (χ2v) is 12.8. The molecule has 0 saturated carbocycles. The van der Waals surface area contributed by atoms with Gasteiger partial charge in [-0.15, -0.1) is 0 Å². The van der Waals surface area contributed by atoms with Gasteiger partial charge >= 0.3 is 0 Å². The molecule has 7 nitrogen and oxygen atoms in total. The van der Waals surface area contributed by atoms with E-state index in [1.54, 1.807) is 6.20 Å². The Hall–Kier alpha value is -4.11. The molecule has 214 valence electrons. The number of hydrogen-bond acceptors (Lipinski definition) is 6. The molecule has 6 rings (SSSR count). The molecule has 0 radical (unpaired) electrons. The monoisotopic (exact) mass is 575 g/mol. The summed E-state index contributed by atoms with van der Waals surface area (Å²) in [6, 6.07) is 27.4. The molecule has 1 saturated heterocycles. The van der Waals surface area contributed by atoms with Gasteiger partial charge in [0.1, 0.15) is 11.3 Å². The minimum atomic E-state index is 0.0000724. The number of benzene rings is 2. The van der Waals surface area contributed by atoms with Crippen molar-refractivity contribution in [1.29, 1.82) is 0 Å². The van der Waals surface area contributed by atoms with Crippen molar-refractivity contribution in [3.05, 3.63) is 102 Å². The van der Waals surface area contributed by atoms with Crippen LogP contribution in [0, 0.1) is 0 Å². The van der Waals surface area contributed by atoms with E-state index in [1.165, 1.54) is 10.5 Å². The molecule has 2 aromatic carbocycles. The van der Waals surface area contributed by atoms with E-state index in [9.17, 15) is 0 Å². The fourth-order valence-electron chi connectivity index (χ4n) is 5.53. The summed E-state index contributed by atoms with van der Waals surface area (Å²) in [7, 11) is 0.0000724. The Kier molecular flexibility index (Phi) is 8.28. The van der Waals surface area contributed by atoms with E-state index in [4.69, 9.17) is 15.7 Å². The number of pyridine rings is 2. The normalized spacial score (nSPS) is 15.3. The Morgan fingerprint density at radius 2 is 1.76 bits per heavy atom. The largest absolute Gasteiger partial charge is 0.383 e. The van der Waals surface area contributed by atoms with E-state index < -0.39 is 0 Å². The van der Waals surface area contributed by atoms with Gasteiger partial charge in [-0.05, 0) is 92.0 Å². The summed E-state index contributed by atoms with van der Waals surface area (Å²) >= 11 is 0. The highest BCUT2D eigenvalue weighted by atomic mass is 32.2. The number of allylic oxidation sites excluding steroid dienone is 1. The van der Waals surface area contributed by atoms with Crippen molar-refractivity contribution >= 4 is 33.0 Å². The van der Waals surface area contributed by atoms with Crippen LogP contribution in [-0.2, 0) is 6.54 Å². The van der Waals surface area contributed by atoms with Gasteiger partial charge in [0.2, 0.25) is 0 Å². The van der Waals surface area contributed by atoms with Gasteiger partial charge in [-0.1, -0.05) is 59.7 Å².